The molecule has 1 heterocycles. The summed E-state index contributed by atoms with van der Waals surface area (Å²) in [6.45, 7) is 4.17. The maximum Gasteiger partial charge on any atom is 0.122 e. The highest BCUT2D eigenvalue weighted by Gasteiger charge is 2.07. The summed E-state index contributed by atoms with van der Waals surface area (Å²) in [5.74, 6) is 1.41. The summed E-state index contributed by atoms with van der Waals surface area (Å²) >= 11 is 0. The number of fused-ring (bicyclic) bond motifs is 1. The van der Waals surface area contributed by atoms with Crippen molar-refractivity contribution >= 4 is 16.9 Å². The molecule has 0 fully saturated rings. The van der Waals surface area contributed by atoms with Gasteiger partial charge in [0.25, 0.3) is 0 Å². The van der Waals surface area contributed by atoms with Crippen LogP contribution in [0, 0.1) is 5.41 Å². The number of nitrogens with two attached hydrogens (primary N) is 1. The van der Waals surface area contributed by atoms with Gasteiger partial charge in [-0.15, -0.1) is 0 Å². The minimum Gasteiger partial charge on any atom is -0.384 e. The predicted molar refractivity (Wildman–Crippen MR) is 61.2 cm³/mol. The number of hydrogen-bond donors (Lipinski definition) is 3. The topological polar surface area (TPSA) is 78.6 Å². The van der Waals surface area contributed by atoms with E-state index in [1.165, 1.54) is 0 Å². The maximum atomic E-state index is 7.34. The average molecular weight is 202 g/mol. The van der Waals surface area contributed by atoms with Gasteiger partial charge in [-0.05, 0) is 18.2 Å². The molecule has 4 heteroatoms. The van der Waals surface area contributed by atoms with Crippen molar-refractivity contribution in [1.29, 1.82) is 5.41 Å². The van der Waals surface area contributed by atoms with Crippen LogP contribution in [0.5, 0.6) is 0 Å². The highest BCUT2D eigenvalue weighted by molar-refractivity contribution is 5.97. The highest BCUT2D eigenvalue weighted by atomic mass is 14.9. The zero-order valence-electron chi connectivity index (χ0n) is 8.83. The lowest BCUT2D eigenvalue weighted by atomic mass is 10.2. The molecular formula is C11H14N4. The molecule has 0 unspecified atom stereocenters. The van der Waals surface area contributed by atoms with E-state index in [1.54, 1.807) is 0 Å². The third-order valence-electron chi connectivity index (χ3n) is 2.36. The first-order valence-corrected chi connectivity index (χ1v) is 4.92. The van der Waals surface area contributed by atoms with Crippen LogP contribution in [0.1, 0.15) is 31.2 Å². The van der Waals surface area contributed by atoms with Crippen LogP contribution in [0.15, 0.2) is 18.2 Å². The Balaban J connectivity index is 2.57. The molecule has 0 aliphatic heterocycles. The van der Waals surface area contributed by atoms with Gasteiger partial charge in [-0.3, -0.25) is 5.41 Å². The van der Waals surface area contributed by atoms with Gasteiger partial charge in [-0.25, -0.2) is 4.98 Å². The summed E-state index contributed by atoms with van der Waals surface area (Å²) in [6.07, 6.45) is 0. The van der Waals surface area contributed by atoms with Crippen molar-refractivity contribution in [1.82, 2.24) is 9.97 Å². The van der Waals surface area contributed by atoms with Crippen molar-refractivity contribution in [3.8, 4) is 0 Å². The Morgan fingerprint density at radius 3 is 2.80 bits per heavy atom. The molecule has 0 aliphatic carbocycles. The van der Waals surface area contributed by atoms with Crippen molar-refractivity contribution in [2.45, 2.75) is 19.8 Å². The van der Waals surface area contributed by atoms with Gasteiger partial charge in [-0.2, -0.15) is 0 Å². The number of imidazole rings is 1. The summed E-state index contributed by atoms with van der Waals surface area (Å²) in [5, 5.41) is 7.34. The van der Waals surface area contributed by atoms with E-state index < -0.39 is 0 Å². The zero-order chi connectivity index (χ0) is 11.0. The molecule has 0 saturated heterocycles. The molecule has 4 N–H and O–H groups in total. The van der Waals surface area contributed by atoms with Gasteiger partial charge in [0.2, 0.25) is 0 Å². The van der Waals surface area contributed by atoms with E-state index in [2.05, 4.69) is 23.8 Å². The SMILES string of the molecule is CC(C)c1nc2cc(C(=N)N)ccc2[nH]1. The van der Waals surface area contributed by atoms with Crippen LogP contribution < -0.4 is 5.73 Å². The Morgan fingerprint density at radius 2 is 2.20 bits per heavy atom. The van der Waals surface area contributed by atoms with Gasteiger partial charge in [0.15, 0.2) is 0 Å². The molecule has 0 amide bonds. The molecule has 0 spiro atoms. The minimum absolute atomic E-state index is 0.0750. The smallest absolute Gasteiger partial charge is 0.122 e. The van der Waals surface area contributed by atoms with Gasteiger partial charge in [0, 0.05) is 11.5 Å². The first-order valence-electron chi connectivity index (χ1n) is 4.92. The fourth-order valence-electron chi connectivity index (χ4n) is 1.47. The van der Waals surface area contributed by atoms with E-state index in [9.17, 15) is 0 Å². The molecule has 2 aromatic rings. The van der Waals surface area contributed by atoms with Crippen LogP contribution >= 0.6 is 0 Å². The second-order valence-electron chi connectivity index (χ2n) is 3.92. The summed E-state index contributed by atoms with van der Waals surface area (Å²) in [6, 6.07) is 5.57. The number of rotatable bonds is 2. The summed E-state index contributed by atoms with van der Waals surface area (Å²) < 4.78 is 0. The highest BCUT2D eigenvalue weighted by Crippen LogP contribution is 2.17. The third kappa shape index (κ3) is 1.70. The fourth-order valence-corrected chi connectivity index (χ4v) is 1.47. The molecule has 4 nitrogen and oxygen atoms in total. The molecule has 0 atom stereocenters. The number of benzene rings is 1. The maximum absolute atomic E-state index is 7.34. The van der Waals surface area contributed by atoms with Crippen LogP contribution in [0.4, 0.5) is 0 Å². The van der Waals surface area contributed by atoms with Crippen molar-refractivity contribution in [2.24, 2.45) is 5.73 Å². The molecule has 1 aromatic heterocycles. The number of nitrogen functional groups attached to an aromatic ring is 1. The second-order valence-corrected chi connectivity index (χ2v) is 3.92. The van der Waals surface area contributed by atoms with E-state index >= 15 is 0 Å². The molecule has 0 aliphatic rings. The molecule has 15 heavy (non-hydrogen) atoms. The minimum atomic E-state index is 0.0750. The number of hydrogen-bond acceptors (Lipinski definition) is 2. The van der Waals surface area contributed by atoms with Gasteiger partial charge >= 0.3 is 0 Å². The van der Waals surface area contributed by atoms with Crippen molar-refractivity contribution in [3.63, 3.8) is 0 Å². The lowest BCUT2D eigenvalue weighted by molar-refractivity contribution is 0.799. The molecule has 0 bridgehead atoms. The van der Waals surface area contributed by atoms with E-state index in [1.807, 2.05) is 18.2 Å². The van der Waals surface area contributed by atoms with Crippen molar-refractivity contribution < 1.29 is 0 Å². The fraction of sp³-hybridized carbons (Fsp3) is 0.273. The normalized spacial score (nSPS) is 11.1. The summed E-state index contributed by atoms with van der Waals surface area (Å²) in [7, 11) is 0. The van der Waals surface area contributed by atoms with Crippen molar-refractivity contribution in [2.75, 3.05) is 0 Å². The van der Waals surface area contributed by atoms with Gasteiger partial charge < -0.3 is 10.7 Å². The van der Waals surface area contributed by atoms with Gasteiger partial charge in [-0.1, -0.05) is 13.8 Å². The lowest BCUT2D eigenvalue weighted by Crippen LogP contribution is -2.10. The largest absolute Gasteiger partial charge is 0.384 e. The predicted octanol–water partition coefficient (Wildman–Crippen LogP) is 1.97. The second kappa shape index (κ2) is 3.38. The molecule has 2 rings (SSSR count). The van der Waals surface area contributed by atoms with E-state index in [0.29, 0.717) is 11.5 Å². The number of aromatic nitrogens is 2. The molecular weight excluding hydrogens is 188 g/mol. The van der Waals surface area contributed by atoms with E-state index in [-0.39, 0.29) is 5.84 Å². The Kier molecular flexibility index (Phi) is 2.19. The van der Waals surface area contributed by atoms with Crippen LogP contribution in [-0.4, -0.2) is 15.8 Å². The van der Waals surface area contributed by atoms with Gasteiger partial charge in [0.05, 0.1) is 11.0 Å². The Labute approximate surface area is 88.0 Å². The quantitative estimate of drug-likeness (QED) is 0.514. The standard InChI is InChI=1S/C11H14N4/c1-6(2)11-14-8-4-3-7(10(12)13)5-9(8)15-11/h3-6H,1-2H3,(H3,12,13)(H,14,15). The van der Waals surface area contributed by atoms with Crippen LogP contribution in [-0.2, 0) is 0 Å². The Bertz CT molecular complexity index is 510. The average Bonchev–Trinajstić information content (AvgIpc) is 2.59. The number of H-pyrrole nitrogens is 1. The Morgan fingerprint density at radius 1 is 1.47 bits per heavy atom. The zero-order valence-corrected chi connectivity index (χ0v) is 8.83. The van der Waals surface area contributed by atoms with Crippen LogP contribution in [0.25, 0.3) is 11.0 Å². The molecule has 1 aromatic carbocycles. The monoisotopic (exact) mass is 202 g/mol. The lowest BCUT2D eigenvalue weighted by Gasteiger charge is -1.95. The number of nitrogens with zero attached hydrogens (tertiary/aromatic N) is 1. The van der Waals surface area contributed by atoms with Crippen molar-refractivity contribution in [3.05, 3.63) is 29.6 Å². The Hall–Kier alpha value is -1.84. The molecule has 0 radical (unpaired) electrons. The van der Waals surface area contributed by atoms with E-state index in [0.717, 1.165) is 16.9 Å². The number of amidine groups is 1. The molecule has 78 valence electrons. The third-order valence-corrected chi connectivity index (χ3v) is 2.36. The van der Waals surface area contributed by atoms with E-state index in [4.69, 9.17) is 11.1 Å². The summed E-state index contributed by atoms with van der Waals surface area (Å²) in [5.41, 5.74) is 7.99. The van der Waals surface area contributed by atoms with Crippen LogP contribution in [0.2, 0.25) is 0 Å². The first kappa shape index (κ1) is 9.71. The summed E-state index contributed by atoms with van der Waals surface area (Å²) in [4.78, 5) is 7.69. The van der Waals surface area contributed by atoms with Crippen LogP contribution in [0.3, 0.4) is 0 Å². The molecule has 0 saturated carbocycles. The number of nitrogens with one attached hydrogen (secondary N) is 2. The van der Waals surface area contributed by atoms with Gasteiger partial charge in [0.1, 0.15) is 11.7 Å². The number of aromatic amines is 1. The first-order chi connectivity index (χ1) is 7.08.